The molecule has 1 aromatic carbocycles. The number of hydrogen-bond donors (Lipinski definition) is 0. The van der Waals surface area contributed by atoms with Crippen molar-refractivity contribution in [2.24, 2.45) is 0 Å². The summed E-state index contributed by atoms with van der Waals surface area (Å²) in [6.07, 6.45) is -4.09. The van der Waals surface area contributed by atoms with Crippen molar-refractivity contribution >= 4 is 23.2 Å². The highest BCUT2D eigenvalue weighted by Gasteiger charge is 2.35. The van der Waals surface area contributed by atoms with Crippen molar-refractivity contribution in [3.63, 3.8) is 0 Å². The van der Waals surface area contributed by atoms with Crippen molar-refractivity contribution < 1.29 is 13.2 Å². The van der Waals surface area contributed by atoms with Crippen LogP contribution in [0.15, 0.2) is 24.3 Å². The van der Waals surface area contributed by atoms with Gasteiger partial charge in [-0.25, -0.2) is 4.68 Å². The first kappa shape index (κ1) is 14.2. The van der Waals surface area contributed by atoms with E-state index in [1.165, 1.54) is 4.68 Å². The van der Waals surface area contributed by atoms with Crippen molar-refractivity contribution in [3.05, 3.63) is 45.7 Å². The molecule has 0 aliphatic rings. The number of aryl methyl sites for hydroxylation is 1. The lowest BCUT2D eigenvalue weighted by Crippen LogP contribution is -2.08. The van der Waals surface area contributed by atoms with E-state index in [1.807, 2.05) is 0 Å². The Labute approximate surface area is 117 Å². The van der Waals surface area contributed by atoms with Gasteiger partial charge in [0, 0.05) is 5.69 Å². The van der Waals surface area contributed by atoms with E-state index >= 15 is 0 Å². The minimum Gasteiger partial charge on any atom is -0.236 e. The quantitative estimate of drug-likeness (QED) is 0.782. The van der Waals surface area contributed by atoms with Crippen LogP contribution in [0.5, 0.6) is 0 Å². The summed E-state index contributed by atoms with van der Waals surface area (Å²) in [5.74, 6) is 0. The van der Waals surface area contributed by atoms with E-state index in [-0.39, 0.29) is 10.0 Å². The largest absolute Gasteiger partial charge is 0.435 e. The molecule has 0 saturated carbocycles. The smallest absolute Gasteiger partial charge is 0.236 e. The first-order valence-electron chi connectivity index (χ1n) is 5.45. The Morgan fingerprint density at radius 1 is 1.26 bits per heavy atom. The SMILES string of the molecule is CCc1cc(C(F)(F)F)nn1-c1cccc(Cl)c1Cl. The predicted octanol–water partition coefficient (Wildman–Crippen LogP) is 4.76. The van der Waals surface area contributed by atoms with Crippen molar-refractivity contribution in [1.82, 2.24) is 9.78 Å². The second-order valence-electron chi connectivity index (χ2n) is 3.86. The maximum Gasteiger partial charge on any atom is 0.435 e. The molecule has 0 amide bonds. The fraction of sp³-hybridized carbons (Fsp3) is 0.250. The van der Waals surface area contributed by atoms with Crippen molar-refractivity contribution in [2.45, 2.75) is 19.5 Å². The standard InChI is InChI=1S/C12H9Cl2F3N2/c1-2-7-6-10(12(15,16)17)18-19(7)9-5-3-4-8(13)11(9)14/h3-6H,2H2,1H3. The number of hydrogen-bond acceptors (Lipinski definition) is 1. The first-order valence-corrected chi connectivity index (χ1v) is 6.20. The molecule has 0 radical (unpaired) electrons. The summed E-state index contributed by atoms with van der Waals surface area (Å²) >= 11 is 11.9. The summed E-state index contributed by atoms with van der Waals surface area (Å²) in [7, 11) is 0. The molecule has 0 spiro atoms. The molecule has 0 atom stereocenters. The van der Waals surface area contributed by atoms with Crippen LogP contribution in [0.1, 0.15) is 18.3 Å². The highest BCUT2D eigenvalue weighted by Crippen LogP contribution is 2.33. The molecule has 0 unspecified atom stereocenters. The van der Waals surface area contributed by atoms with Crippen molar-refractivity contribution in [2.75, 3.05) is 0 Å². The molecule has 2 aromatic rings. The Balaban J connectivity index is 2.62. The zero-order valence-corrected chi connectivity index (χ0v) is 11.3. The first-order chi connectivity index (χ1) is 8.84. The van der Waals surface area contributed by atoms with Crippen LogP contribution in [0.25, 0.3) is 5.69 Å². The molecule has 0 fully saturated rings. The minimum atomic E-state index is -4.49. The average molecular weight is 309 g/mol. The van der Waals surface area contributed by atoms with Gasteiger partial charge in [-0.05, 0) is 24.6 Å². The van der Waals surface area contributed by atoms with Crippen molar-refractivity contribution in [3.8, 4) is 5.69 Å². The molecule has 0 aliphatic carbocycles. The Hall–Kier alpha value is -1.20. The topological polar surface area (TPSA) is 17.8 Å². The molecule has 0 aliphatic heterocycles. The normalized spacial score (nSPS) is 11.9. The van der Waals surface area contributed by atoms with Gasteiger partial charge in [0.05, 0.1) is 15.7 Å². The van der Waals surface area contributed by atoms with Crippen LogP contribution in [-0.4, -0.2) is 9.78 Å². The summed E-state index contributed by atoms with van der Waals surface area (Å²) in [6.45, 7) is 1.74. The Morgan fingerprint density at radius 2 is 1.95 bits per heavy atom. The van der Waals surface area contributed by atoms with Gasteiger partial charge in [-0.1, -0.05) is 36.2 Å². The number of halogens is 5. The number of aromatic nitrogens is 2. The lowest BCUT2D eigenvalue weighted by molar-refractivity contribution is -0.141. The molecule has 7 heteroatoms. The summed E-state index contributed by atoms with van der Waals surface area (Å²) in [6, 6.07) is 5.75. The van der Waals surface area contributed by atoms with Gasteiger partial charge in [0.1, 0.15) is 0 Å². The molecule has 102 valence electrons. The Morgan fingerprint density at radius 3 is 2.53 bits per heavy atom. The lowest BCUT2D eigenvalue weighted by Gasteiger charge is -2.09. The van der Waals surface area contributed by atoms with Crippen LogP contribution in [0.3, 0.4) is 0 Å². The number of rotatable bonds is 2. The maximum absolute atomic E-state index is 12.7. The molecular weight excluding hydrogens is 300 g/mol. The summed E-state index contributed by atoms with van der Waals surface area (Å²) < 4.78 is 39.2. The van der Waals surface area contributed by atoms with E-state index < -0.39 is 11.9 Å². The van der Waals surface area contributed by atoms with Crippen LogP contribution < -0.4 is 0 Å². The maximum atomic E-state index is 12.7. The molecular formula is C12H9Cl2F3N2. The predicted molar refractivity (Wildman–Crippen MR) is 68.0 cm³/mol. The summed E-state index contributed by atoms with van der Waals surface area (Å²) in [5.41, 5.74) is -0.196. The second-order valence-corrected chi connectivity index (χ2v) is 4.64. The molecule has 2 rings (SSSR count). The third kappa shape index (κ3) is 2.72. The third-order valence-electron chi connectivity index (χ3n) is 2.60. The van der Waals surface area contributed by atoms with Crippen molar-refractivity contribution in [1.29, 1.82) is 0 Å². The fourth-order valence-electron chi connectivity index (χ4n) is 1.67. The fourth-order valence-corrected chi connectivity index (χ4v) is 2.05. The highest BCUT2D eigenvalue weighted by molar-refractivity contribution is 6.43. The van der Waals surface area contributed by atoms with Gasteiger partial charge in [-0.2, -0.15) is 18.3 Å². The number of benzene rings is 1. The van der Waals surface area contributed by atoms with E-state index in [9.17, 15) is 13.2 Å². The van der Waals surface area contributed by atoms with Gasteiger partial charge >= 0.3 is 6.18 Å². The van der Waals surface area contributed by atoms with Crippen LogP contribution in [-0.2, 0) is 12.6 Å². The molecule has 1 heterocycles. The molecule has 1 aromatic heterocycles. The molecule has 19 heavy (non-hydrogen) atoms. The van der Waals surface area contributed by atoms with E-state index in [0.717, 1.165) is 6.07 Å². The zero-order chi connectivity index (χ0) is 14.2. The molecule has 0 bridgehead atoms. The minimum absolute atomic E-state index is 0.177. The second kappa shape index (κ2) is 5.06. The third-order valence-corrected chi connectivity index (χ3v) is 3.40. The van der Waals surface area contributed by atoms with Gasteiger partial charge in [0.25, 0.3) is 0 Å². The lowest BCUT2D eigenvalue weighted by atomic mass is 10.2. The summed E-state index contributed by atoms with van der Waals surface area (Å²) in [4.78, 5) is 0. The van der Waals surface area contributed by atoms with E-state index in [0.29, 0.717) is 17.8 Å². The monoisotopic (exact) mass is 308 g/mol. The van der Waals surface area contributed by atoms with Crippen LogP contribution in [0.2, 0.25) is 10.0 Å². The van der Waals surface area contributed by atoms with Gasteiger partial charge < -0.3 is 0 Å². The van der Waals surface area contributed by atoms with Crippen LogP contribution >= 0.6 is 23.2 Å². The number of nitrogens with zero attached hydrogens (tertiary/aromatic N) is 2. The van der Waals surface area contributed by atoms with Gasteiger partial charge in [-0.3, -0.25) is 0 Å². The molecule has 2 nitrogen and oxygen atoms in total. The molecule has 0 saturated heterocycles. The highest BCUT2D eigenvalue weighted by atomic mass is 35.5. The average Bonchev–Trinajstić information content (AvgIpc) is 2.76. The Bertz CT molecular complexity index is 606. The van der Waals surface area contributed by atoms with Gasteiger partial charge in [0.15, 0.2) is 5.69 Å². The van der Waals surface area contributed by atoms with Gasteiger partial charge in [0.2, 0.25) is 0 Å². The number of alkyl halides is 3. The zero-order valence-electron chi connectivity index (χ0n) is 9.80. The molecule has 0 N–H and O–H groups in total. The van der Waals surface area contributed by atoms with E-state index in [1.54, 1.807) is 25.1 Å². The summed E-state index contributed by atoms with van der Waals surface area (Å²) in [5, 5.41) is 4.02. The van der Waals surface area contributed by atoms with Crippen LogP contribution in [0, 0.1) is 0 Å². The van der Waals surface area contributed by atoms with Gasteiger partial charge in [-0.15, -0.1) is 0 Å². The Kier molecular flexibility index (Phi) is 3.78. The van der Waals surface area contributed by atoms with E-state index in [2.05, 4.69) is 5.10 Å². The van der Waals surface area contributed by atoms with Crippen LogP contribution in [0.4, 0.5) is 13.2 Å². The van der Waals surface area contributed by atoms with E-state index in [4.69, 9.17) is 23.2 Å².